The maximum absolute atomic E-state index is 13.2. The van der Waals surface area contributed by atoms with Crippen molar-refractivity contribution in [1.82, 2.24) is 20.4 Å². The zero-order chi connectivity index (χ0) is 23.4. The second-order valence-corrected chi connectivity index (χ2v) is 8.73. The van der Waals surface area contributed by atoms with Gasteiger partial charge in [0.2, 0.25) is 11.8 Å². The van der Waals surface area contributed by atoms with Crippen molar-refractivity contribution in [2.75, 3.05) is 20.6 Å². The molecular weight excluding hydrogens is 403 g/mol. The predicted molar refractivity (Wildman–Crippen MR) is 103 cm³/mol. The van der Waals surface area contributed by atoms with E-state index in [-0.39, 0.29) is 19.0 Å². The molecule has 1 rings (SSSR count). The Kier molecular flexibility index (Phi) is 8.25. The van der Waals surface area contributed by atoms with E-state index in [1.54, 1.807) is 26.3 Å². The minimum Gasteiger partial charge on any atom is -0.339 e. The van der Waals surface area contributed by atoms with E-state index >= 15 is 0 Å². The van der Waals surface area contributed by atoms with Gasteiger partial charge in [-0.15, -0.1) is 0 Å². The van der Waals surface area contributed by atoms with Gasteiger partial charge in [0.1, 0.15) is 18.1 Å². The first-order valence-corrected chi connectivity index (χ1v) is 9.68. The molecule has 0 spiro atoms. The number of nitrogens with one attached hydrogen (secondary N) is 2. The zero-order valence-electron chi connectivity index (χ0n) is 18.1. The Balaban J connectivity index is 3.21. The summed E-state index contributed by atoms with van der Waals surface area (Å²) in [7, 11) is 3.54. The molecule has 1 heterocycles. The minimum atomic E-state index is -5.14. The Labute approximate surface area is 174 Å². The highest BCUT2D eigenvalue weighted by atomic mass is 19.4. The zero-order valence-corrected chi connectivity index (χ0v) is 18.1. The normalized spacial score (nSPS) is 21.7. The number of carbonyl (C=O) groups is 3. The lowest BCUT2D eigenvalue weighted by Gasteiger charge is -2.35. The fourth-order valence-electron chi connectivity index (χ4n) is 3.20. The summed E-state index contributed by atoms with van der Waals surface area (Å²) in [5.41, 5.74) is -1.03. The van der Waals surface area contributed by atoms with Crippen molar-refractivity contribution >= 4 is 17.7 Å². The van der Waals surface area contributed by atoms with E-state index in [9.17, 15) is 27.6 Å². The number of carbonyl (C=O) groups excluding carboxylic acids is 3. The van der Waals surface area contributed by atoms with Crippen LogP contribution >= 0.6 is 0 Å². The number of amides is 3. The van der Waals surface area contributed by atoms with Crippen LogP contribution in [0.15, 0.2) is 0 Å². The number of nitrogens with zero attached hydrogens (tertiary/aromatic N) is 3. The first-order valence-electron chi connectivity index (χ1n) is 9.68. The molecule has 1 saturated heterocycles. The summed E-state index contributed by atoms with van der Waals surface area (Å²) in [5, 5.41) is 13.4. The summed E-state index contributed by atoms with van der Waals surface area (Å²) < 4.78 is 38.4. The van der Waals surface area contributed by atoms with Gasteiger partial charge in [-0.25, -0.2) is 0 Å². The first kappa shape index (κ1) is 25.7. The number of hydrogen-bond acceptors (Lipinski definition) is 5. The summed E-state index contributed by atoms with van der Waals surface area (Å²) in [5.74, 6) is -3.53. The van der Waals surface area contributed by atoms with Crippen molar-refractivity contribution in [3.63, 3.8) is 0 Å². The first-order chi connectivity index (χ1) is 13.6. The molecule has 0 radical (unpaired) electrons. The predicted octanol–water partition coefficient (Wildman–Crippen LogP) is 1.03. The lowest BCUT2D eigenvalue weighted by Crippen LogP contribution is -2.59. The molecule has 4 atom stereocenters. The van der Waals surface area contributed by atoms with Gasteiger partial charge in [-0.05, 0) is 32.4 Å². The monoisotopic (exact) mass is 433 g/mol. The number of halogens is 3. The van der Waals surface area contributed by atoms with E-state index in [4.69, 9.17) is 5.26 Å². The third kappa shape index (κ3) is 6.32. The van der Waals surface area contributed by atoms with Crippen molar-refractivity contribution in [3.8, 4) is 6.07 Å². The van der Waals surface area contributed by atoms with Crippen molar-refractivity contribution in [2.24, 2.45) is 5.41 Å². The molecule has 0 aromatic rings. The molecule has 170 valence electrons. The molecule has 1 aliphatic rings. The number of rotatable bonds is 6. The Morgan fingerprint density at radius 3 is 2.17 bits per heavy atom. The van der Waals surface area contributed by atoms with Gasteiger partial charge in [-0.3, -0.25) is 14.4 Å². The number of likely N-dealkylation sites (tertiary alicyclic amines) is 1. The molecule has 0 bridgehead atoms. The molecule has 8 nitrogen and oxygen atoms in total. The Morgan fingerprint density at radius 2 is 1.77 bits per heavy atom. The Bertz CT molecular complexity index is 697. The molecule has 30 heavy (non-hydrogen) atoms. The second kappa shape index (κ2) is 9.64. The van der Waals surface area contributed by atoms with E-state index in [2.05, 4.69) is 5.32 Å². The van der Waals surface area contributed by atoms with Crippen LogP contribution in [0.1, 0.15) is 40.5 Å². The SMILES string of the molecule is CC[C@@H](C#N)NC(=O)[C@@H]1C[C@@H](N(C)C)CN1C(=O)[C@@H](NC(=O)C(F)(F)F)C(C)(C)C. The summed E-state index contributed by atoms with van der Waals surface area (Å²) in [6, 6.07) is -1.44. The van der Waals surface area contributed by atoms with E-state index in [0.717, 1.165) is 0 Å². The third-order valence-corrected chi connectivity index (χ3v) is 5.12. The second-order valence-electron chi connectivity index (χ2n) is 8.73. The number of likely N-dealkylation sites (N-methyl/N-ethyl adjacent to an activating group) is 1. The molecule has 0 aliphatic carbocycles. The highest BCUT2D eigenvalue weighted by Crippen LogP contribution is 2.28. The topological polar surface area (TPSA) is 106 Å². The molecule has 11 heteroatoms. The van der Waals surface area contributed by atoms with Crippen LogP contribution in [-0.2, 0) is 14.4 Å². The molecule has 1 aliphatic heterocycles. The summed E-state index contributed by atoms with van der Waals surface area (Å²) in [6.45, 7) is 6.43. The average molecular weight is 433 g/mol. The highest BCUT2D eigenvalue weighted by Gasteiger charge is 2.48. The van der Waals surface area contributed by atoms with E-state index < -0.39 is 47.4 Å². The van der Waals surface area contributed by atoms with Gasteiger partial charge >= 0.3 is 12.1 Å². The summed E-state index contributed by atoms with van der Waals surface area (Å²) in [6.07, 6.45) is -4.51. The van der Waals surface area contributed by atoms with Crippen LogP contribution in [0.3, 0.4) is 0 Å². The van der Waals surface area contributed by atoms with Crippen molar-refractivity contribution in [2.45, 2.75) is 70.9 Å². The number of alkyl halides is 3. The molecule has 3 amide bonds. The fourth-order valence-corrected chi connectivity index (χ4v) is 3.20. The van der Waals surface area contributed by atoms with Gasteiger partial charge in [-0.1, -0.05) is 27.7 Å². The summed E-state index contributed by atoms with van der Waals surface area (Å²) >= 11 is 0. The van der Waals surface area contributed by atoms with E-state index in [1.165, 1.54) is 25.7 Å². The molecule has 1 fully saturated rings. The Hall–Kier alpha value is -2.35. The van der Waals surface area contributed by atoms with Crippen LogP contribution in [-0.4, -0.2) is 78.5 Å². The molecule has 0 aromatic heterocycles. The highest BCUT2D eigenvalue weighted by molar-refractivity contribution is 5.94. The maximum Gasteiger partial charge on any atom is 0.471 e. The number of nitriles is 1. The fraction of sp³-hybridized carbons (Fsp3) is 0.789. The lowest BCUT2D eigenvalue weighted by atomic mass is 9.85. The average Bonchev–Trinajstić information content (AvgIpc) is 3.07. The van der Waals surface area contributed by atoms with E-state index in [1.807, 2.05) is 11.0 Å². The standard InChI is InChI=1S/C19H30F3N5O3/c1-7-11(9-23)24-15(28)13-8-12(26(5)6)10-27(13)16(29)14(18(2,3)4)25-17(30)19(20,21)22/h11-14H,7-8,10H2,1-6H3,(H,24,28)(H,25,30)/t11-,12+,13-,14+/m0/s1. The van der Waals surface area contributed by atoms with Crippen LogP contribution in [0.25, 0.3) is 0 Å². The molecule has 0 unspecified atom stereocenters. The van der Waals surface area contributed by atoms with Gasteiger partial charge in [0.15, 0.2) is 0 Å². The van der Waals surface area contributed by atoms with Crippen molar-refractivity contribution < 1.29 is 27.6 Å². The largest absolute Gasteiger partial charge is 0.471 e. The molecular formula is C19H30F3N5O3. The van der Waals surface area contributed by atoms with Crippen LogP contribution in [0.2, 0.25) is 0 Å². The molecule has 2 N–H and O–H groups in total. The van der Waals surface area contributed by atoms with Gasteiger partial charge in [-0.2, -0.15) is 18.4 Å². The van der Waals surface area contributed by atoms with Crippen LogP contribution < -0.4 is 10.6 Å². The van der Waals surface area contributed by atoms with Gasteiger partial charge in [0, 0.05) is 12.6 Å². The van der Waals surface area contributed by atoms with Gasteiger partial charge < -0.3 is 20.4 Å². The Morgan fingerprint density at radius 1 is 1.20 bits per heavy atom. The summed E-state index contributed by atoms with van der Waals surface area (Å²) in [4.78, 5) is 40.6. The molecule has 0 saturated carbocycles. The van der Waals surface area contributed by atoms with E-state index in [0.29, 0.717) is 6.42 Å². The number of hydrogen-bond donors (Lipinski definition) is 2. The van der Waals surface area contributed by atoms with Crippen LogP contribution in [0.4, 0.5) is 13.2 Å². The smallest absolute Gasteiger partial charge is 0.339 e. The minimum absolute atomic E-state index is 0.113. The van der Waals surface area contributed by atoms with Crippen LogP contribution in [0, 0.1) is 16.7 Å². The quantitative estimate of drug-likeness (QED) is 0.651. The van der Waals surface area contributed by atoms with Crippen molar-refractivity contribution in [3.05, 3.63) is 0 Å². The maximum atomic E-state index is 13.2. The molecule has 0 aromatic carbocycles. The van der Waals surface area contributed by atoms with Gasteiger partial charge in [0.25, 0.3) is 0 Å². The lowest BCUT2D eigenvalue weighted by molar-refractivity contribution is -0.176. The third-order valence-electron chi connectivity index (χ3n) is 5.12. The van der Waals surface area contributed by atoms with Crippen molar-refractivity contribution in [1.29, 1.82) is 5.26 Å². The van der Waals surface area contributed by atoms with Crippen LogP contribution in [0.5, 0.6) is 0 Å². The van der Waals surface area contributed by atoms with Gasteiger partial charge in [0.05, 0.1) is 6.07 Å².